The molecule has 0 radical (unpaired) electrons. The lowest BCUT2D eigenvalue weighted by Gasteiger charge is -2.31. The normalized spacial score (nSPS) is 15.8. The van der Waals surface area contributed by atoms with Crippen LogP contribution < -0.4 is 21.9 Å². The van der Waals surface area contributed by atoms with Gasteiger partial charge in [0.25, 0.3) is 5.56 Å². The third kappa shape index (κ3) is 4.99. The van der Waals surface area contributed by atoms with Gasteiger partial charge in [-0.25, -0.2) is 9.59 Å². The summed E-state index contributed by atoms with van der Waals surface area (Å²) in [6, 6.07) is 7.00. The Kier molecular flexibility index (Phi) is 7.44. The third-order valence-electron chi connectivity index (χ3n) is 6.63. The van der Waals surface area contributed by atoms with Crippen LogP contribution in [0.4, 0.5) is 5.95 Å². The zero-order chi connectivity index (χ0) is 26.0. The van der Waals surface area contributed by atoms with E-state index in [4.69, 9.17) is 15.5 Å². The lowest BCUT2D eigenvalue weighted by molar-refractivity contribution is 0.0600. The van der Waals surface area contributed by atoms with Crippen molar-refractivity contribution in [1.29, 1.82) is 0 Å². The SMILES string of the molecule is COC(=O)c1ccc(CCn2c(=O)c3c(nc(N4CCCC(N)C4)n3CC=C(C)C)n(C)c2=O)cc1. The quantitative estimate of drug-likeness (QED) is 0.393. The van der Waals surface area contributed by atoms with E-state index in [0.29, 0.717) is 42.2 Å². The highest BCUT2D eigenvalue weighted by Crippen LogP contribution is 2.23. The Balaban J connectivity index is 1.76. The minimum absolute atomic E-state index is 0.0431. The predicted octanol–water partition coefficient (Wildman–Crippen LogP) is 1.82. The van der Waals surface area contributed by atoms with Crippen LogP contribution in [0, 0.1) is 0 Å². The highest BCUT2D eigenvalue weighted by atomic mass is 16.5. The molecule has 0 saturated carbocycles. The number of methoxy groups -OCH3 is 1. The van der Waals surface area contributed by atoms with Crippen LogP contribution >= 0.6 is 0 Å². The first-order valence-corrected chi connectivity index (χ1v) is 12.2. The minimum atomic E-state index is -0.410. The van der Waals surface area contributed by atoms with Crippen LogP contribution in [-0.2, 0) is 31.3 Å². The summed E-state index contributed by atoms with van der Waals surface area (Å²) in [4.78, 5) is 45.5. The average molecular weight is 495 g/mol. The third-order valence-corrected chi connectivity index (χ3v) is 6.63. The standard InChI is InChI=1S/C26H34N6O4/c1-17(2)11-14-31-21-22(28-25(31)30-13-5-6-20(27)16-30)29(3)26(35)32(23(21)33)15-12-18-7-9-19(10-8-18)24(34)36-4/h7-11,20H,5-6,12-16,27H2,1-4H3. The van der Waals surface area contributed by atoms with E-state index in [0.717, 1.165) is 30.5 Å². The van der Waals surface area contributed by atoms with Gasteiger partial charge in [-0.15, -0.1) is 0 Å². The highest BCUT2D eigenvalue weighted by molar-refractivity contribution is 5.89. The smallest absolute Gasteiger partial charge is 0.337 e. The summed E-state index contributed by atoms with van der Waals surface area (Å²) in [6.07, 6.45) is 4.41. The fraction of sp³-hybridized carbons (Fsp3) is 0.462. The van der Waals surface area contributed by atoms with Crippen molar-refractivity contribution in [3.8, 4) is 0 Å². The lowest BCUT2D eigenvalue weighted by atomic mass is 10.1. The molecule has 192 valence electrons. The molecule has 2 N–H and O–H groups in total. The summed E-state index contributed by atoms with van der Waals surface area (Å²) in [7, 11) is 2.98. The van der Waals surface area contributed by atoms with Crippen LogP contribution in [0.2, 0.25) is 0 Å². The van der Waals surface area contributed by atoms with Crippen molar-refractivity contribution in [3.05, 3.63) is 67.9 Å². The Morgan fingerprint density at radius 2 is 1.92 bits per heavy atom. The van der Waals surface area contributed by atoms with E-state index in [-0.39, 0.29) is 18.1 Å². The maximum atomic E-state index is 13.7. The molecule has 4 rings (SSSR count). The van der Waals surface area contributed by atoms with E-state index >= 15 is 0 Å². The summed E-state index contributed by atoms with van der Waals surface area (Å²) in [6.45, 7) is 6.15. The van der Waals surface area contributed by atoms with Gasteiger partial charge in [0.15, 0.2) is 11.2 Å². The Labute approximate surface area is 209 Å². The van der Waals surface area contributed by atoms with Crippen molar-refractivity contribution in [1.82, 2.24) is 18.7 Å². The number of hydrogen-bond acceptors (Lipinski definition) is 7. The summed E-state index contributed by atoms with van der Waals surface area (Å²) < 4.78 is 9.36. The van der Waals surface area contributed by atoms with Gasteiger partial charge in [-0.1, -0.05) is 23.8 Å². The lowest BCUT2D eigenvalue weighted by Crippen LogP contribution is -2.44. The first kappa shape index (κ1) is 25.4. The van der Waals surface area contributed by atoms with Gasteiger partial charge in [0, 0.05) is 39.3 Å². The molecule has 36 heavy (non-hydrogen) atoms. The monoisotopic (exact) mass is 494 g/mol. The summed E-state index contributed by atoms with van der Waals surface area (Å²) in [5, 5.41) is 0. The molecule has 0 amide bonds. The molecular weight excluding hydrogens is 460 g/mol. The van der Waals surface area contributed by atoms with E-state index in [9.17, 15) is 14.4 Å². The highest BCUT2D eigenvalue weighted by Gasteiger charge is 2.26. The second kappa shape index (κ2) is 10.5. The van der Waals surface area contributed by atoms with Crippen LogP contribution in [0.15, 0.2) is 45.5 Å². The van der Waals surface area contributed by atoms with Crippen LogP contribution in [0.5, 0.6) is 0 Å². The maximum Gasteiger partial charge on any atom is 0.337 e. The molecule has 3 heterocycles. The number of aromatic nitrogens is 4. The Morgan fingerprint density at radius 1 is 1.19 bits per heavy atom. The summed E-state index contributed by atoms with van der Waals surface area (Å²) in [5.74, 6) is 0.257. The summed E-state index contributed by atoms with van der Waals surface area (Å²) in [5.41, 5.74) is 8.71. The van der Waals surface area contributed by atoms with Crippen molar-refractivity contribution in [2.45, 2.75) is 52.2 Å². The van der Waals surface area contributed by atoms with Gasteiger partial charge in [-0.05, 0) is 50.8 Å². The first-order valence-electron chi connectivity index (χ1n) is 12.2. The van der Waals surface area contributed by atoms with E-state index in [1.165, 1.54) is 16.2 Å². The fourth-order valence-corrected chi connectivity index (χ4v) is 4.60. The van der Waals surface area contributed by atoms with E-state index in [1.807, 2.05) is 24.5 Å². The number of aryl methyl sites for hydroxylation is 2. The second-order valence-electron chi connectivity index (χ2n) is 9.56. The largest absolute Gasteiger partial charge is 0.465 e. The number of ether oxygens (including phenoxy) is 1. The molecule has 0 bridgehead atoms. The minimum Gasteiger partial charge on any atom is -0.465 e. The molecule has 0 spiro atoms. The first-order chi connectivity index (χ1) is 17.2. The van der Waals surface area contributed by atoms with Crippen molar-refractivity contribution >= 4 is 23.1 Å². The zero-order valence-corrected chi connectivity index (χ0v) is 21.4. The Hall–Kier alpha value is -3.66. The number of piperidine rings is 1. The molecule has 0 aliphatic carbocycles. The van der Waals surface area contributed by atoms with Crippen LogP contribution in [0.3, 0.4) is 0 Å². The number of benzene rings is 1. The number of nitrogens with two attached hydrogens (primary N) is 1. The topological polar surface area (TPSA) is 117 Å². The Bertz CT molecular complexity index is 1410. The number of imidazole rings is 1. The number of anilines is 1. The predicted molar refractivity (Wildman–Crippen MR) is 140 cm³/mol. The molecule has 3 aromatic rings. The number of rotatable bonds is 7. The van der Waals surface area contributed by atoms with Crippen molar-refractivity contribution < 1.29 is 9.53 Å². The number of fused-ring (bicyclic) bond motifs is 1. The number of carbonyl (C=O) groups is 1. The van der Waals surface area contributed by atoms with Crippen molar-refractivity contribution in [2.75, 3.05) is 25.1 Å². The molecule has 1 aliphatic heterocycles. The van der Waals surface area contributed by atoms with Crippen LogP contribution in [-0.4, -0.2) is 50.9 Å². The van der Waals surface area contributed by atoms with E-state index < -0.39 is 11.7 Å². The second-order valence-corrected chi connectivity index (χ2v) is 9.56. The molecule has 2 aromatic heterocycles. The van der Waals surface area contributed by atoms with Gasteiger partial charge >= 0.3 is 11.7 Å². The number of allylic oxidation sites excluding steroid dienone is 2. The van der Waals surface area contributed by atoms with Gasteiger partial charge < -0.3 is 19.9 Å². The molecule has 1 aliphatic rings. The molecule has 1 atom stereocenters. The molecule has 10 heteroatoms. The Morgan fingerprint density at radius 3 is 2.56 bits per heavy atom. The average Bonchev–Trinajstić information content (AvgIpc) is 3.26. The number of esters is 1. The molecule has 1 aromatic carbocycles. The molecular formula is C26H34N6O4. The van der Waals surface area contributed by atoms with Crippen molar-refractivity contribution in [3.63, 3.8) is 0 Å². The van der Waals surface area contributed by atoms with Gasteiger partial charge in [0.05, 0.1) is 12.7 Å². The molecule has 1 fully saturated rings. The number of carbonyl (C=O) groups excluding carboxylic acids is 1. The fourth-order valence-electron chi connectivity index (χ4n) is 4.60. The van der Waals surface area contributed by atoms with Crippen LogP contribution in [0.25, 0.3) is 11.2 Å². The van der Waals surface area contributed by atoms with Gasteiger partial charge in [0.2, 0.25) is 5.95 Å². The van der Waals surface area contributed by atoms with E-state index in [2.05, 4.69) is 4.90 Å². The van der Waals surface area contributed by atoms with Gasteiger partial charge in [-0.3, -0.25) is 13.9 Å². The van der Waals surface area contributed by atoms with Crippen molar-refractivity contribution in [2.24, 2.45) is 12.8 Å². The molecule has 1 unspecified atom stereocenters. The number of hydrogen-bond donors (Lipinski definition) is 1. The molecule has 1 saturated heterocycles. The zero-order valence-electron chi connectivity index (χ0n) is 21.4. The van der Waals surface area contributed by atoms with Gasteiger partial charge in [-0.2, -0.15) is 4.98 Å². The molecule has 10 nitrogen and oxygen atoms in total. The summed E-state index contributed by atoms with van der Waals surface area (Å²) >= 11 is 0. The number of nitrogens with zero attached hydrogens (tertiary/aromatic N) is 5. The van der Waals surface area contributed by atoms with Gasteiger partial charge in [0.1, 0.15) is 0 Å². The van der Waals surface area contributed by atoms with Crippen LogP contribution in [0.1, 0.15) is 42.6 Å². The van der Waals surface area contributed by atoms with E-state index in [1.54, 1.807) is 31.3 Å². The maximum absolute atomic E-state index is 13.7.